The Kier molecular flexibility index (Phi) is 8.93. The highest BCUT2D eigenvalue weighted by Gasteiger charge is 2.25. The first kappa shape index (κ1) is 25.4. The van der Waals surface area contributed by atoms with Crippen molar-refractivity contribution in [3.05, 3.63) is 95.6 Å². The van der Waals surface area contributed by atoms with Crippen LogP contribution in [0.15, 0.2) is 83.8 Å². The number of hydrogen-bond donors (Lipinski definition) is 0. The van der Waals surface area contributed by atoms with Crippen LogP contribution in [0.25, 0.3) is 0 Å². The van der Waals surface area contributed by atoms with Crippen LogP contribution in [-0.2, 0) is 27.9 Å². The third-order valence-electron chi connectivity index (χ3n) is 6.15. The number of sulfonamides is 1. The molecule has 35 heavy (non-hydrogen) atoms. The van der Waals surface area contributed by atoms with Gasteiger partial charge >= 0.3 is 0 Å². The molecule has 1 fully saturated rings. The molecule has 4 rings (SSSR count). The number of morpholine rings is 1. The Hall–Kier alpha value is -2.71. The first-order valence-electron chi connectivity index (χ1n) is 12.1. The van der Waals surface area contributed by atoms with Gasteiger partial charge in [-0.2, -0.15) is 4.31 Å². The fraction of sp³-hybridized carbons (Fsp3) is 0.357. The van der Waals surface area contributed by atoms with Gasteiger partial charge in [0.2, 0.25) is 10.0 Å². The predicted molar refractivity (Wildman–Crippen MR) is 138 cm³/mol. The molecule has 1 heterocycles. The number of rotatable bonds is 11. The Bertz CT molecular complexity index is 1160. The highest BCUT2D eigenvalue weighted by Crippen LogP contribution is 2.22. The van der Waals surface area contributed by atoms with Crippen LogP contribution in [0.2, 0.25) is 0 Å². The summed E-state index contributed by atoms with van der Waals surface area (Å²) in [7, 11) is -3.64. The second-order valence-corrected chi connectivity index (χ2v) is 10.8. The van der Waals surface area contributed by atoms with Crippen molar-refractivity contribution in [3.63, 3.8) is 0 Å². The molecule has 0 amide bonds. The van der Waals surface area contributed by atoms with Crippen molar-refractivity contribution in [3.8, 4) is 5.75 Å². The average molecular weight is 495 g/mol. The van der Waals surface area contributed by atoms with Crippen molar-refractivity contribution in [1.29, 1.82) is 0 Å². The number of ether oxygens (including phenoxy) is 2. The molecule has 3 aromatic carbocycles. The molecule has 0 radical (unpaired) electrons. The second-order valence-electron chi connectivity index (χ2n) is 8.88. The van der Waals surface area contributed by atoms with E-state index in [-0.39, 0.29) is 0 Å². The Labute approximate surface area is 209 Å². The Morgan fingerprint density at radius 3 is 2.37 bits per heavy atom. The molecule has 0 aliphatic carbocycles. The molecule has 0 atom stereocenters. The fourth-order valence-corrected chi connectivity index (χ4v) is 5.58. The van der Waals surface area contributed by atoms with Crippen LogP contribution in [0.4, 0.5) is 0 Å². The molecule has 0 bridgehead atoms. The van der Waals surface area contributed by atoms with Gasteiger partial charge in [-0.1, -0.05) is 60.2 Å². The van der Waals surface area contributed by atoms with E-state index in [0.29, 0.717) is 24.6 Å². The van der Waals surface area contributed by atoms with E-state index in [1.54, 1.807) is 16.4 Å². The molecular formula is C28H34N2O4S. The van der Waals surface area contributed by atoms with Gasteiger partial charge in [0.1, 0.15) is 12.4 Å². The van der Waals surface area contributed by atoms with Crippen molar-refractivity contribution >= 4 is 10.0 Å². The zero-order chi connectivity index (χ0) is 24.5. The molecule has 0 unspecified atom stereocenters. The van der Waals surface area contributed by atoms with Crippen molar-refractivity contribution < 1.29 is 17.9 Å². The molecule has 0 spiro atoms. The van der Waals surface area contributed by atoms with E-state index in [2.05, 4.69) is 4.90 Å². The summed E-state index contributed by atoms with van der Waals surface area (Å²) < 4.78 is 40.2. The van der Waals surface area contributed by atoms with Gasteiger partial charge in [0.15, 0.2) is 0 Å². The maximum atomic E-state index is 13.6. The highest BCUT2D eigenvalue weighted by molar-refractivity contribution is 7.89. The third kappa shape index (κ3) is 7.39. The molecule has 0 aromatic heterocycles. The SMILES string of the molecule is Cc1ccc(S(=O)(=O)N(CCCN2CCOCC2)Cc2cccc(OCc3ccccc3)c2)cc1. The highest BCUT2D eigenvalue weighted by atomic mass is 32.2. The van der Waals surface area contributed by atoms with E-state index in [9.17, 15) is 8.42 Å². The van der Waals surface area contributed by atoms with Crippen LogP contribution < -0.4 is 4.74 Å². The van der Waals surface area contributed by atoms with E-state index in [4.69, 9.17) is 9.47 Å². The average Bonchev–Trinajstić information content (AvgIpc) is 2.89. The summed E-state index contributed by atoms with van der Waals surface area (Å²) in [6.45, 7) is 7.28. The first-order chi connectivity index (χ1) is 17.0. The van der Waals surface area contributed by atoms with Crippen molar-refractivity contribution in [2.45, 2.75) is 31.4 Å². The van der Waals surface area contributed by atoms with Gasteiger partial charge in [-0.25, -0.2) is 8.42 Å². The first-order valence-corrected chi connectivity index (χ1v) is 13.6. The van der Waals surface area contributed by atoms with Crippen molar-refractivity contribution in [2.24, 2.45) is 0 Å². The molecule has 3 aromatic rings. The van der Waals surface area contributed by atoms with Crippen molar-refractivity contribution in [2.75, 3.05) is 39.4 Å². The molecule has 1 aliphatic heterocycles. The van der Waals surface area contributed by atoms with Gasteiger partial charge in [-0.15, -0.1) is 0 Å². The minimum Gasteiger partial charge on any atom is -0.489 e. The topological polar surface area (TPSA) is 59.1 Å². The molecule has 6 nitrogen and oxygen atoms in total. The smallest absolute Gasteiger partial charge is 0.243 e. The van der Waals surface area contributed by atoms with Crippen LogP contribution in [0.3, 0.4) is 0 Å². The van der Waals surface area contributed by atoms with Gasteiger partial charge in [-0.3, -0.25) is 4.90 Å². The van der Waals surface area contributed by atoms with Gasteiger partial charge in [0.25, 0.3) is 0 Å². The van der Waals surface area contributed by atoms with Crippen LogP contribution >= 0.6 is 0 Å². The van der Waals surface area contributed by atoms with Gasteiger partial charge in [-0.05, 0) is 55.3 Å². The lowest BCUT2D eigenvalue weighted by Gasteiger charge is -2.28. The molecule has 1 saturated heterocycles. The van der Waals surface area contributed by atoms with Gasteiger partial charge in [0, 0.05) is 26.2 Å². The minimum absolute atomic E-state index is 0.294. The van der Waals surface area contributed by atoms with Crippen LogP contribution in [-0.4, -0.2) is 57.0 Å². The third-order valence-corrected chi connectivity index (χ3v) is 8.01. The zero-order valence-electron chi connectivity index (χ0n) is 20.3. The number of aryl methyl sites for hydroxylation is 1. The summed E-state index contributed by atoms with van der Waals surface area (Å²) >= 11 is 0. The molecule has 1 aliphatic rings. The predicted octanol–water partition coefficient (Wildman–Crippen LogP) is 4.49. The Morgan fingerprint density at radius 1 is 0.914 bits per heavy atom. The fourth-order valence-electron chi connectivity index (χ4n) is 4.12. The molecule has 0 saturated carbocycles. The maximum Gasteiger partial charge on any atom is 0.243 e. The lowest BCUT2D eigenvalue weighted by molar-refractivity contribution is 0.0368. The number of nitrogens with zero attached hydrogens (tertiary/aromatic N) is 2. The van der Waals surface area contributed by atoms with Crippen molar-refractivity contribution in [1.82, 2.24) is 9.21 Å². The lowest BCUT2D eigenvalue weighted by Crippen LogP contribution is -2.39. The van der Waals surface area contributed by atoms with Gasteiger partial charge < -0.3 is 9.47 Å². The minimum atomic E-state index is -3.64. The largest absolute Gasteiger partial charge is 0.489 e. The zero-order valence-corrected chi connectivity index (χ0v) is 21.1. The quantitative estimate of drug-likeness (QED) is 0.393. The summed E-state index contributed by atoms with van der Waals surface area (Å²) in [4.78, 5) is 2.66. The van der Waals surface area contributed by atoms with E-state index in [1.165, 1.54) is 0 Å². The van der Waals surface area contributed by atoms with E-state index in [0.717, 1.165) is 61.7 Å². The lowest BCUT2D eigenvalue weighted by atomic mass is 10.2. The normalized spacial score (nSPS) is 14.8. The van der Waals surface area contributed by atoms with E-state index >= 15 is 0 Å². The van der Waals surface area contributed by atoms with Gasteiger partial charge in [0.05, 0.1) is 18.1 Å². The van der Waals surface area contributed by atoms with E-state index in [1.807, 2.05) is 73.7 Å². The Balaban J connectivity index is 1.47. The number of hydrogen-bond acceptors (Lipinski definition) is 5. The standard InChI is InChI=1S/C28H34N2O4S/c1-24-11-13-28(14-12-24)35(31,32)30(16-6-15-29-17-19-33-20-18-29)22-26-9-5-10-27(21-26)34-23-25-7-3-2-4-8-25/h2-5,7-14,21H,6,15-20,22-23H2,1H3. The summed E-state index contributed by atoms with van der Waals surface area (Å²) in [6.07, 6.45) is 0.759. The maximum absolute atomic E-state index is 13.6. The van der Waals surface area contributed by atoms with Crippen LogP contribution in [0, 0.1) is 6.92 Å². The van der Waals surface area contributed by atoms with E-state index < -0.39 is 10.0 Å². The summed E-state index contributed by atoms with van der Waals surface area (Å²) in [5.74, 6) is 0.729. The summed E-state index contributed by atoms with van der Waals surface area (Å²) in [5, 5.41) is 0. The second kappa shape index (κ2) is 12.3. The van der Waals surface area contributed by atoms with Crippen LogP contribution in [0.5, 0.6) is 5.75 Å². The summed E-state index contributed by atoms with van der Waals surface area (Å²) in [5.41, 5.74) is 3.02. The summed E-state index contributed by atoms with van der Waals surface area (Å²) in [6, 6.07) is 24.8. The monoisotopic (exact) mass is 494 g/mol. The van der Waals surface area contributed by atoms with Crippen LogP contribution in [0.1, 0.15) is 23.1 Å². The number of benzene rings is 3. The Morgan fingerprint density at radius 2 is 1.63 bits per heavy atom. The molecule has 0 N–H and O–H groups in total. The molecular weight excluding hydrogens is 460 g/mol. The molecule has 186 valence electrons. The molecule has 7 heteroatoms.